The van der Waals surface area contributed by atoms with Gasteiger partial charge in [-0.2, -0.15) is 0 Å². The lowest BCUT2D eigenvalue weighted by Gasteiger charge is -1.96. The average molecular weight is 543 g/mol. The lowest BCUT2D eigenvalue weighted by Crippen LogP contribution is -1.76. The summed E-state index contributed by atoms with van der Waals surface area (Å²) in [4.78, 5) is 0. The molecule has 216 valence electrons. The number of rotatable bonds is 16. The standard InChI is InChI=1S/C40H56/c1-33(2)19-13-23-37(7)27-17-31-39(9)29-15-25-35(5)21-11-12-22-36(6)26-16-30-40(10)32-18-28-38(8)24-14-20-34(3)4/h11-12,15-22,25-32H,13-14,23-24H2,1-10H3/b12-11+,25-15+,26-16+,31-17+,32-18+,35-21+,36-22+,37-27+,38-28+,39-29+,40-30+/i1D3,3D3/b12-11+,25-15+,26-16+,31-17+,32-18+,33-19-,34-20-,35-21+,36-22+,37-27+,38-28+,39-29+,40-30+. The van der Waals surface area contributed by atoms with Crippen molar-refractivity contribution in [3.63, 3.8) is 0 Å². The minimum atomic E-state index is -1.99. The van der Waals surface area contributed by atoms with Crippen molar-refractivity contribution in [2.45, 2.75) is 94.8 Å². The van der Waals surface area contributed by atoms with E-state index >= 15 is 0 Å². The van der Waals surface area contributed by atoms with E-state index in [0.29, 0.717) is 11.1 Å². The van der Waals surface area contributed by atoms with Gasteiger partial charge in [-0.25, -0.2) is 0 Å². The summed E-state index contributed by atoms with van der Waals surface area (Å²) in [6.07, 6.45) is 39.7. The predicted molar refractivity (Wildman–Crippen MR) is 186 cm³/mol. The van der Waals surface area contributed by atoms with Gasteiger partial charge in [-0.3, -0.25) is 0 Å². The molecule has 0 aromatic rings. The molecule has 40 heavy (non-hydrogen) atoms. The third kappa shape index (κ3) is 24.9. The van der Waals surface area contributed by atoms with Crippen molar-refractivity contribution in [2.24, 2.45) is 0 Å². The van der Waals surface area contributed by atoms with Crippen LogP contribution in [0.25, 0.3) is 0 Å². The van der Waals surface area contributed by atoms with Crippen molar-refractivity contribution >= 4 is 0 Å². The molecule has 0 aliphatic rings. The van der Waals surface area contributed by atoms with Gasteiger partial charge in [-0.15, -0.1) is 0 Å². The van der Waals surface area contributed by atoms with E-state index in [2.05, 4.69) is 102 Å². The van der Waals surface area contributed by atoms with Gasteiger partial charge in [0, 0.05) is 8.22 Å². The molecule has 0 saturated heterocycles. The molecule has 0 radical (unpaired) electrons. The molecule has 0 spiro atoms. The van der Waals surface area contributed by atoms with Crippen LogP contribution in [0.2, 0.25) is 0 Å². The van der Waals surface area contributed by atoms with Gasteiger partial charge in [0.25, 0.3) is 0 Å². The van der Waals surface area contributed by atoms with Crippen LogP contribution in [0.15, 0.2) is 154 Å². The summed E-state index contributed by atoms with van der Waals surface area (Å²) in [7, 11) is 0. The Hall–Kier alpha value is -3.38. The van der Waals surface area contributed by atoms with Crippen LogP contribution >= 0.6 is 0 Å². The normalized spacial score (nSPS) is 19.2. The van der Waals surface area contributed by atoms with E-state index in [0.717, 1.165) is 48.0 Å². The molecule has 0 unspecified atom stereocenters. The Bertz CT molecular complexity index is 1240. The molecule has 0 heteroatoms. The molecule has 0 aliphatic heterocycles. The number of hydrogen-bond acceptors (Lipinski definition) is 0. The largest absolute Gasteiger partial charge is 0.0856 e. The monoisotopic (exact) mass is 542 g/mol. The van der Waals surface area contributed by atoms with Crippen LogP contribution in [0, 0.1) is 0 Å². The number of allylic oxidation sites excluding steroid dienone is 26. The Balaban J connectivity index is 4.77. The molecule has 0 bridgehead atoms. The fourth-order valence-electron chi connectivity index (χ4n) is 3.27. The van der Waals surface area contributed by atoms with Gasteiger partial charge in [0.15, 0.2) is 0 Å². The second kappa shape index (κ2) is 23.5. The highest BCUT2D eigenvalue weighted by Crippen LogP contribution is 2.09. The molecular weight excluding hydrogens is 480 g/mol. The molecule has 0 heterocycles. The molecule has 0 rings (SSSR count). The quantitative estimate of drug-likeness (QED) is 0.134. The lowest BCUT2D eigenvalue weighted by atomic mass is 10.1. The summed E-state index contributed by atoms with van der Waals surface area (Å²) >= 11 is 0. The molecule has 0 aliphatic carbocycles. The first-order valence-corrected chi connectivity index (χ1v) is 14.2. The van der Waals surface area contributed by atoms with E-state index < -0.39 is 13.7 Å². The van der Waals surface area contributed by atoms with Crippen LogP contribution < -0.4 is 0 Å². The van der Waals surface area contributed by atoms with Crippen molar-refractivity contribution in [3.05, 3.63) is 154 Å². The Morgan fingerprint density at radius 1 is 0.425 bits per heavy atom. The molecular formula is C40H56. The maximum Gasteiger partial charge on any atom is 0.0276 e. The van der Waals surface area contributed by atoms with Crippen molar-refractivity contribution in [1.29, 1.82) is 0 Å². The Morgan fingerprint density at radius 3 is 1.05 bits per heavy atom. The summed E-state index contributed by atoms with van der Waals surface area (Å²) < 4.78 is 44.4. The SMILES string of the molecule is [2H]C([2H])([2H])/C(C)=C/CC/C(C)=C/C=C/C(C)=C/C=C/C(C)=C/C=C/C=C(C)/C=C/C=C(C)/C=C/C=C(\C)CC/C=C(\C)C([2H])([2H])[2H]. The number of hydrogen-bond donors (Lipinski definition) is 0. The van der Waals surface area contributed by atoms with E-state index in [1.165, 1.54) is 11.1 Å². The average Bonchev–Trinajstić information content (AvgIpc) is 2.94. The van der Waals surface area contributed by atoms with E-state index in [-0.39, 0.29) is 0 Å². The fourth-order valence-corrected chi connectivity index (χ4v) is 3.27. The molecule has 0 fully saturated rings. The topological polar surface area (TPSA) is 0 Å². The van der Waals surface area contributed by atoms with Crippen molar-refractivity contribution in [1.82, 2.24) is 0 Å². The first kappa shape index (κ1) is 26.8. The van der Waals surface area contributed by atoms with Crippen molar-refractivity contribution < 1.29 is 8.22 Å². The molecule has 0 atom stereocenters. The second-order valence-corrected chi connectivity index (χ2v) is 10.3. The minimum absolute atomic E-state index is 0.456. The minimum Gasteiger partial charge on any atom is -0.0856 e. The van der Waals surface area contributed by atoms with Gasteiger partial charge >= 0.3 is 0 Å². The van der Waals surface area contributed by atoms with Crippen molar-refractivity contribution in [3.8, 4) is 0 Å². The molecule has 0 saturated carbocycles. The highest BCUT2D eigenvalue weighted by atomic mass is 13.9. The van der Waals surface area contributed by atoms with Gasteiger partial charge in [0.1, 0.15) is 0 Å². The van der Waals surface area contributed by atoms with E-state index in [1.54, 1.807) is 13.8 Å². The van der Waals surface area contributed by atoms with Gasteiger partial charge in [-0.05, 0) is 94.8 Å². The summed E-state index contributed by atoms with van der Waals surface area (Å²) in [5.41, 5.74) is 7.93. The van der Waals surface area contributed by atoms with Crippen LogP contribution in [0.5, 0.6) is 0 Å². The summed E-state index contributed by atoms with van der Waals surface area (Å²) in [5.74, 6) is 0. The summed E-state index contributed by atoms with van der Waals surface area (Å²) in [6.45, 7) is 11.7. The maximum absolute atomic E-state index is 7.40. The van der Waals surface area contributed by atoms with Crippen LogP contribution in [-0.2, 0) is 0 Å². The highest BCUT2D eigenvalue weighted by Gasteiger charge is 1.88. The van der Waals surface area contributed by atoms with Crippen LogP contribution in [0.3, 0.4) is 0 Å². The van der Waals surface area contributed by atoms with Gasteiger partial charge in [0.2, 0.25) is 0 Å². The maximum atomic E-state index is 7.40. The highest BCUT2D eigenvalue weighted by molar-refractivity contribution is 5.32. The van der Waals surface area contributed by atoms with E-state index in [1.807, 2.05) is 48.6 Å². The first-order valence-electron chi connectivity index (χ1n) is 17.2. The molecule has 0 amide bonds. The summed E-state index contributed by atoms with van der Waals surface area (Å²) in [6, 6.07) is 0. The zero-order valence-corrected chi connectivity index (χ0v) is 26.2. The first-order chi connectivity index (χ1) is 21.4. The lowest BCUT2D eigenvalue weighted by molar-refractivity contribution is 0.967. The third-order valence-electron chi connectivity index (χ3n) is 5.72. The van der Waals surface area contributed by atoms with Crippen LogP contribution in [0.1, 0.15) is 103 Å². The van der Waals surface area contributed by atoms with Gasteiger partial charge < -0.3 is 0 Å². The molecule has 0 N–H and O–H groups in total. The van der Waals surface area contributed by atoms with E-state index in [4.69, 9.17) is 8.22 Å². The molecule has 0 aromatic heterocycles. The zero-order valence-electron chi connectivity index (χ0n) is 32.2. The molecule has 0 aromatic carbocycles. The third-order valence-corrected chi connectivity index (χ3v) is 5.72. The Labute approximate surface area is 256 Å². The fraction of sp³-hybridized carbons (Fsp3) is 0.350. The van der Waals surface area contributed by atoms with Crippen LogP contribution in [-0.4, -0.2) is 0 Å². The predicted octanol–water partition coefficient (Wildman–Crippen LogP) is 12.9. The Morgan fingerprint density at radius 2 is 0.725 bits per heavy atom. The Kier molecular flexibility index (Phi) is 15.8. The van der Waals surface area contributed by atoms with Crippen LogP contribution in [0.4, 0.5) is 0 Å². The van der Waals surface area contributed by atoms with Gasteiger partial charge in [0.05, 0.1) is 0 Å². The zero-order chi connectivity index (χ0) is 35.2. The van der Waals surface area contributed by atoms with Gasteiger partial charge in [-0.1, -0.05) is 154 Å². The smallest absolute Gasteiger partial charge is 0.0276 e. The van der Waals surface area contributed by atoms with E-state index in [9.17, 15) is 0 Å². The molecule has 0 nitrogen and oxygen atoms in total. The van der Waals surface area contributed by atoms with Crippen molar-refractivity contribution in [2.75, 3.05) is 0 Å². The summed E-state index contributed by atoms with van der Waals surface area (Å²) in [5, 5.41) is 0. The second-order valence-electron chi connectivity index (χ2n) is 10.3.